The Morgan fingerprint density at radius 3 is 2.59 bits per heavy atom. The highest BCUT2D eigenvalue weighted by molar-refractivity contribution is 5.87. The summed E-state index contributed by atoms with van der Waals surface area (Å²) >= 11 is 0. The maximum Gasteiger partial charge on any atom is 0.224 e. The van der Waals surface area contributed by atoms with Crippen LogP contribution in [0.5, 0.6) is 0 Å². The Hall–Kier alpha value is -2.43. The Labute approximate surface area is 130 Å². The molecular formula is C17H21N3O2. The van der Waals surface area contributed by atoms with Gasteiger partial charge in [-0.05, 0) is 11.6 Å². The fourth-order valence-corrected chi connectivity index (χ4v) is 2.14. The fraction of sp³-hybridized carbons (Fsp3) is 0.353. The molecule has 0 fully saturated rings. The molecule has 2 amide bonds. The molecule has 1 heterocycles. The third kappa shape index (κ3) is 4.28. The first-order valence-electron chi connectivity index (χ1n) is 7.45. The van der Waals surface area contributed by atoms with Gasteiger partial charge in [0.25, 0.3) is 0 Å². The molecule has 0 radical (unpaired) electrons. The molecule has 116 valence electrons. The molecule has 2 rings (SSSR count). The molecule has 22 heavy (non-hydrogen) atoms. The fourth-order valence-electron chi connectivity index (χ4n) is 2.14. The van der Waals surface area contributed by atoms with Crippen molar-refractivity contribution in [2.75, 3.05) is 13.1 Å². The highest BCUT2D eigenvalue weighted by atomic mass is 16.2. The number of fused-ring (bicyclic) bond motifs is 1. The van der Waals surface area contributed by atoms with Crippen molar-refractivity contribution in [1.29, 1.82) is 0 Å². The molecule has 0 aliphatic heterocycles. The molecule has 0 aliphatic carbocycles. The average molecular weight is 299 g/mol. The van der Waals surface area contributed by atoms with E-state index < -0.39 is 0 Å². The second kappa shape index (κ2) is 7.54. The molecule has 1 aromatic carbocycles. The van der Waals surface area contributed by atoms with Gasteiger partial charge in [0, 0.05) is 30.6 Å². The Bertz CT molecular complexity index is 663. The van der Waals surface area contributed by atoms with Gasteiger partial charge in [-0.1, -0.05) is 38.1 Å². The quantitative estimate of drug-likeness (QED) is 0.797. The van der Waals surface area contributed by atoms with Crippen molar-refractivity contribution in [3.8, 4) is 0 Å². The van der Waals surface area contributed by atoms with Gasteiger partial charge in [0.15, 0.2) is 0 Å². The van der Waals surface area contributed by atoms with E-state index in [1.807, 2.05) is 44.2 Å². The van der Waals surface area contributed by atoms with Crippen LogP contribution in [0.4, 0.5) is 0 Å². The summed E-state index contributed by atoms with van der Waals surface area (Å²) in [4.78, 5) is 27.7. The summed E-state index contributed by atoms with van der Waals surface area (Å²) in [5.74, 6) is -0.123. The molecular weight excluding hydrogens is 278 g/mol. The molecule has 0 spiro atoms. The minimum atomic E-state index is -0.0723. The molecule has 5 heteroatoms. The van der Waals surface area contributed by atoms with E-state index in [0.717, 1.165) is 16.5 Å². The van der Waals surface area contributed by atoms with Crippen molar-refractivity contribution in [1.82, 2.24) is 15.6 Å². The van der Waals surface area contributed by atoms with Gasteiger partial charge in [-0.2, -0.15) is 0 Å². The predicted molar refractivity (Wildman–Crippen MR) is 86.3 cm³/mol. The molecule has 0 bridgehead atoms. The van der Waals surface area contributed by atoms with Crippen molar-refractivity contribution >= 4 is 22.7 Å². The molecule has 0 saturated heterocycles. The third-order valence-corrected chi connectivity index (χ3v) is 3.34. The van der Waals surface area contributed by atoms with E-state index in [4.69, 9.17) is 0 Å². The number of hydrogen-bond donors (Lipinski definition) is 2. The Balaban J connectivity index is 1.85. The summed E-state index contributed by atoms with van der Waals surface area (Å²) in [5.41, 5.74) is 1.76. The number of nitrogens with zero attached hydrogens (tertiary/aromatic N) is 1. The summed E-state index contributed by atoms with van der Waals surface area (Å²) in [6.45, 7) is 4.54. The summed E-state index contributed by atoms with van der Waals surface area (Å²) in [6, 6.07) is 9.67. The van der Waals surface area contributed by atoms with Crippen LogP contribution in [0.2, 0.25) is 0 Å². The topological polar surface area (TPSA) is 71.1 Å². The highest BCUT2D eigenvalue weighted by Crippen LogP contribution is 2.16. The van der Waals surface area contributed by atoms with Crippen LogP contribution < -0.4 is 10.6 Å². The lowest BCUT2D eigenvalue weighted by Crippen LogP contribution is -2.36. The number of pyridine rings is 1. The second-order valence-electron chi connectivity index (χ2n) is 5.46. The molecule has 0 saturated carbocycles. The molecule has 0 unspecified atom stereocenters. The normalized spacial score (nSPS) is 10.7. The standard InChI is InChI=1S/C17H21N3O2/c1-12(2)17(22)20-10-9-18-15(21)11-14-6-3-5-13-7-4-8-19-16(13)14/h3-8,12H,9-11H2,1-2H3,(H,18,21)(H,20,22). The van der Waals surface area contributed by atoms with Crippen LogP contribution in [0.25, 0.3) is 10.9 Å². The van der Waals surface area contributed by atoms with Gasteiger partial charge in [0.05, 0.1) is 11.9 Å². The Morgan fingerprint density at radius 1 is 1.09 bits per heavy atom. The first-order valence-corrected chi connectivity index (χ1v) is 7.45. The number of carbonyl (C=O) groups is 2. The van der Waals surface area contributed by atoms with Crippen molar-refractivity contribution in [2.45, 2.75) is 20.3 Å². The van der Waals surface area contributed by atoms with E-state index in [1.54, 1.807) is 6.20 Å². The maximum absolute atomic E-state index is 12.0. The smallest absolute Gasteiger partial charge is 0.224 e. The van der Waals surface area contributed by atoms with Crippen molar-refractivity contribution in [3.63, 3.8) is 0 Å². The number of amides is 2. The summed E-state index contributed by atoms with van der Waals surface area (Å²) in [7, 11) is 0. The number of rotatable bonds is 6. The van der Waals surface area contributed by atoms with Gasteiger partial charge in [0.2, 0.25) is 11.8 Å². The molecule has 2 aromatic rings. The largest absolute Gasteiger partial charge is 0.354 e. The number of nitrogens with one attached hydrogen (secondary N) is 2. The Morgan fingerprint density at radius 2 is 1.82 bits per heavy atom. The first-order chi connectivity index (χ1) is 10.6. The predicted octanol–water partition coefficient (Wildman–Crippen LogP) is 1.67. The zero-order valence-corrected chi connectivity index (χ0v) is 12.9. The molecule has 5 nitrogen and oxygen atoms in total. The van der Waals surface area contributed by atoms with Crippen LogP contribution in [0, 0.1) is 5.92 Å². The lowest BCUT2D eigenvalue weighted by atomic mass is 10.1. The summed E-state index contributed by atoms with van der Waals surface area (Å²) in [5, 5.41) is 6.60. The highest BCUT2D eigenvalue weighted by Gasteiger charge is 2.08. The molecule has 0 atom stereocenters. The number of carbonyl (C=O) groups excluding carboxylic acids is 2. The van der Waals surface area contributed by atoms with Gasteiger partial charge in [-0.25, -0.2) is 0 Å². The van der Waals surface area contributed by atoms with E-state index in [1.165, 1.54) is 0 Å². The van der Waals surface area contributed by atoms with Gasteiger partial charge in [-0.3, -0.25) is 14.6 Å². The van der Waals surface area contributed by atoms with Crippen LogP contribution in [0.15, 0.2) is 36.5 Å². The van der Waals surface area contributed by atoms with E-state index in [2.05, 4.69) is 15.6 Å². The minimum absolute atomic E-state index is 0.00694. The van der Waals surface area contributed by atoms with Crippen molar-refractivity contribution in [3.05, 3.63) is 42.1 Å². The third-order valence-electron chi connectivity index (χ3n) is 3.34. The van der Waals surface area contributed by atoms with Crippen LogP contribution in [0.1, 0.15) is 19.4 Å². The number of aromatic nitrogens is 1. The monoisotopic (exact) mass is 299 g/mol. The van der Waals surface area contributed by atoms with E-state index >= 15 is 0 Å². The van der Waals surface area contributed by atoms with Crippen LogP contribution >= 0.6 is 0 Å². The van der Waals surface area contributed by atoms with E-state index in [0.29, 0.717) is 13.1 Å². The zero-order chi connectivity index (χ0) is 15.9. The SMILES string of the molecule is CC(C)C(=O)NCCNC(=O)Cc1cccc2cccnc12. The van der Waals surface area contributed by atoms with E-state index in [-0.39, 0.29) is 24.2 Å². The lowest BCUT2D eigenvalue weighted by Gasteiger charge is -2.09. The van der Waals surface area contributed by atoms with Gasteiger partial charge in [0.1, 0.15) is 0 Å². The van der Waals surface area contributed by atoms with Crippen molar-refractivity contribution in [2.24, 2.45) is 5.92 Å². The van der Waals surface area contributed by atoms with Gasteiger partial charge >= 0.3 is 0 Å². The summed E-state index contributed by atoms with van der Waals surface area (Å²) < 4.78 is 0. The molecule has 2 N–H and O–H groups in total. The zero-order valence-electron chi connectivity index (χ0n) is 12.9. The maximum atomic E-state index is 12.0. The van der Waals surface area contributed by atoms with Crippen molar-refractivity contribution < 1.29 is 9.59 Å². The molecule has 1 aromatic heterocycles. The lowest BCUT2D eigenvalue weighted by molar-refractivity contribution is -0.124. The molecule has 0 aliphatic rings. The van der Waals surface area contributed by atoms with Crippen LogP contribution in [-0.2, 0) is 16.0 Å². The number of hydrogen-bond acceptors (Lipinski definition) is 3. The van der Waals surface area contributed by atoms with E-state index in [9.17, 15) is 9.59 Å². The minimum Gasteiger partial charge on any atom is -0.354 e. The average Bonchev–Trinajstić information content (AvgIpc) is 2.51. The second-order valence-corrected chi connectivity index (χ2v) is 5.46. The van der Waals surface area contributed by atoms with Crippen LogP contribution in [0.3, 0.4) is 0 Å². The van der Waals surface area contributed by atoms with Gasteiger partial charge < -0.3 is 10.6 Å². The van der Waals surface area contributed by atoms with Crippen LogP contribution in [-0.4, -0.2) is 29.9 Å². The first kappa shape index (κ1) is 15.9. The number of para-hydroxylation sites is 1. The summed E-state index contributed by atoms with van der Waals surface area (Å²) in [6.07, 6.45) is 2.01. The Kier molecular flexibility index (Phi) is 5.47. The number of benzene rings is 1. The van der Waals surface area contributed by atoms with Gasteiger partial charge in [-0.15, -0.1) is 0 Å².